The summed E-state index contributed by atoms with van der Waals surface area (Å²) >= 11 is 0. The van der Waals surface area contributed by atoms with Crippen molar-refractivity contribution in [3.8, 4) is 0 Å². The Bertz CT molecular complexity index is 345. The number of imidazole rings is 1. The molecule has 1 aromatic heterocycles. The van der Waals surface area contributed by atoms with Crippen LogP contribution in [0.1, 0.15) is 11.5 Å². The lowest BCUT2D eigenvalue weighted by Crippen LogP contribution is -2.37. The van der Waals surface area contributed by atoms with Gasteiger partial charge in [-0.2, -0.15) is 0 Å². The van der Waals surface area contributed by atoms with E-state index in [0.717, 1.165) is 24.6 Å². The van der Waals surface area contributed by atoms with Gasteiger partial charge in [-0.15, -0.1) is 0 Å². The Kier molecular flexibility index (Phi) is 2.39. The molecule has 76 valence electrons. The van der Waals surface area contributed by atoms with Crippen molar-refractivity contribution in [3.05, 3.63) is 23.8 Å². The van der Waals surface area contributed by atoms with Crippen LogP contribution in [0.25, 0.3) is 5.57 Å². The largest absolute Gasteiger partial charge is 0.338 e. The Hall–Kier alpha value is -1.13. The second-order valence-electron chi connectivity index (χ2n) is 3.77. The third-order valence-electron chi connectivity index (χ3n) is 2.55. The molecule has 1 aromatic rings. The zero-order valence-electron chi connectivity index (χ0n) is 8.62. The summed E-state index contributed by atoms with van der Waals surface area (Å²) in [6, 6.07) is 0.112. The van der Waals surface area contributed by atoms with Gasteiger partial charge in [0.2, 0.25) is 0 Å². The number of nitrogens with one attached hydrogen (secondary N) is 1. The van der Waals surface area contributed by atoms with Crippen molar-refractivity contribution < 1.29 is 0 Å². The zero-order chi connectivity index (χ0) is 10.1. The summed E-state index contributed by atoms with van der Waals surface area (Å²) in [6.07, 6.45) is 4.14. The number of hydrogen-bond acceptors (Lipinski definition) is 3. The van der Waals surface area contributed by atoms with Crippen LogP contribution in [0, 0.1) is 6.92 Å². The highest BCUT2D eigenvalue weighted by molar-refractivity contribution is 5.65. The molecule has 0 fully saturated rings. The Balaban J connectivity index is 2.30. The maximum atomic E-state index is 5.83. The first-order chi connectivity index (χ1) is 6.66. The summed E-state index contributed by atoms with van der Waals surface area (Å²) in [6.45, 7) is 3.72. The van der Waals surface area contributed by atoms with Crippen LogP contribution in [-0.4, -0.2) is 28.7 Å². The van der Waals surface area contributed by atoms with E-state index in [-0.39, 0.29) is 6.04 Å². The molecule has 0 saturated carbocycles. The van der Waals surface area contributed by atoms with Gasteiger partial charge in [0.15, 0.2) is 0 Å². The highest BCUT2D eigenvalue weighted by atomic mass is 15.0. The van der Waals surface area contributed by atoms with Gasteiger partial charge in [-0.3, -0.25) is 0 Å². The van der Waals surface area contributed by atoms with E-state index in [0.29, 0.717) is 0 Å². The Morgan fingerprint density at radius 1 is 1.64 bits per heavy atom. The molecular formula is C10H16N4. The van der Waals surface area contributed by atoms with Crippen LogP contribution in [0.15, 0.2) is 12.3 Å². The summed E-state index contributed by atoms with van der Waals surface area (Å²) < 4.78 is 2.02. The van der Waals surface area contributed by atoms with Gasteiger partial charge in [-0.1, -0.05) is 6.08 Å². The van der Waals surface area contributed by atoms with E-state index in [1.165, 1.54) is 5.57 Å². The van der Waals surface area contributed by atoms with Crippen molar-refractivity contribution in [2.24, 2.45) is 12.8 Å². The normalized spacial score (nSPS) is 22.2. The van der Waals surface area contributed by atoms with Crippen LogP contribution in [0.5, 0.6) is 0 Å². The number of aryl methyl sites for hydroxylation is 2. The minimum Gasteiger partial charge on any atom is -0.338 e. The third-order valence-corrected chi connectivity index (χ3v) is 2.55. The molecule has 0 spiro atoms. The molecule has 4 heteroatoms. The van der Waals surface area contributed by atoms with E-state index in [9.17, 15) is 0 Å². The van der Waals surface area contributed by atoms with Gasteiger partial charge in [0.05, 0.1) is 5.69 Å². The Morgan fingerprint density at radius 3 is 3.00 bits per heavy atom. The molecule has 3 N–H and O–H groups in total. The Labute approximate surface area is 83.8 Å². The SMILES string of the molecule is Cc1nc(C2=CC(N)CNC2)cn1C. The monoisotopic (exact) mass is 192 g/mol. The first kappa shape index (κ1) is 9.43. The van der Waals surface area contributed by atoms with Crippen LogP contribution >= 0.6 is 0 Å². The number of hydrogen-bond donors (Lipinski definition) is 2. The molecule has 1 unspecified atom stereocenters. The first-order valence-electron chi connectivity index (χ1n) is 4.84. The van der Waals surface area contributed by atoms with E-state index in [1.807, 2.05) is 24.7 Å². The topological polar surface area (TPSA) is 55.9 Å². The maximum absolute atomic E-state index is 5.83. The lowest BCUT2D eigenvalue weighted by Gasteiger charge is -2.17. The van der Waals surface area contributed by atoms with Gasteiger partial charge in [-0.05, 0) is 12.5 Å². The second-order valence-corrected chi connectivity index (χ2v) is 3.77. The molecule has 0 aromatic carbocycles. The standard InChI is InChI=1S/C10H16N4/c1-7-13-10(6-14(7)2)8-3-9(11)5-12-4-8/h3,6,9,12H,4-5,11H2,1-2H3. The van der Waals surface area contributed by atoms with Crippen LogP contribution in [0.2, 0.25) is 0 Å². The molecule has 1 atom stereocenters. The van der Waals surface area contributed by atoms with E-state index in [4.69, 9.17) is 5.73 Å². The summed E-state index contributed by atoms with van der Waals surface area (Å²) in [5, 5.41) is 3.27. The minimum atomic E-state index is 0.112. The fraction of sp³-hybridized carbons (Fsp3) is 0.500. The summed E-state index contributed by atoms with van der Waals surface area (Å²) in [4.78, 5) is 4.47. The molecule has 0 aliphatic carbocycles. The Morgan fingerprint density at radius 2 is 2.43 bits per heavy atom. The quantitative estimate of drug-likeness (QED) is 0.660. The van der Waals surface area contributed by atoms with Crippen molar-refractivity contribution in [2.75, 3.05) is 13.1 Å². The first-order valence-corrected chi connectivity index (χ1v) is 4.84. The number of rotatable bonds is 1. The minimum absolute atomic E-state index is 0.112. The average Bonchev–Trinajstić information content (AvgIpc) is 2.47. The van der Waals surface area contributed by atoms with Crippen molar-refractivity contribution in [1.29, 1.82) is 0 Å². The van der Waals surface area contributed by atoms with Gasteiger partial charge in [0, 0.05) is 32.4 Å². The maximum Gasteiger partial charge on any atom is 0.105 e. The second kappa shape index (κ2) is 3.55. The molecule has 0 saturated heterocycles. The fourth-order valence-corrected chi connectivity index (χ4v) is 1.64. The van der Waals surface area contributed by atoms with E-state index < -0.39 is 0 Å². The molecule has 1 aliphatic rings. The summed E-state index contributed by atoms with van der Waals surface area (Å²) in [5.74, 6) is 1.03. The summed E-state index contributed by atoms with van der Waals surface area (Å²) in [5.41, 5.74) is 8.07. The molecule has 14 heavy (non-hydrogen) atoms. The van der Waals surface area contributed by atoms with Crippen molar-refractivity contribution >= 4 is 5.57 Å². The molecule has 2 rings (SSSR count). The lowest BCUT2D eigenvalue weighted by atomic mass is 10.1. The van der Waals surface area contributed by atoms with Gasteiger partial charge in [0.1, 0.15) is 5.82 Å². The van der Waals surface area contributed by atoms with Gasteiger partial charge in [0.25, 0.3) is 0 Å². The lowest BCUT2D eigenvalue weighted by molar-refractivity contribution is 0.662. The molecule has 0 bridgehead atoms. The zero-order valence-corrected chi connectivity index (χ0v) is 8.62. The molecule has 1 aliphatic heterocycles. The smallest absolute Gasteiger partial charge is 0.105 e. The predicted octanol–water partition coefficient (Wildman–Crippen LogP) is 0.0424. The van der Waals surface area contributed by atoms with Gasteiger partial charge < -0.3 is 15.6 Å². The van der Waals surface area contributed by atoms with E-state index >= 15 is 0 Å². The van der Waals surface area contributed by atoms with E-state index in [1.54, 1.807) is 0 Å². The molecule has 0 radical (unpaired) electrons. The van der Waals surface area contributed by atoms with Crippen molar-refractivity contribution in [2.45, 2.75) is 13.0 Å². The number of nitrogens with zero attached hydrogens (tertiary/aromatic N) is 2. The number of nitrogens with two attached hydrogens (primary N) is 1. The molecular weight excluding hydrogens is 176 g/mol. The van der Waals surface area contributed by atoms with Crippen molar-refractivity contribution in [3.63, 3.8) is 0 Å². The number of aromatic nitrogens is 2. The molecule has 4 nitrogen and oxygen atoms in total. The average molecular weight is 192 g/mol. The highest BCUT2D eigenvalue weighted by Gasteiger charge is 2.13. The van der Waals surface area contributed by atoms with Crippen LogP contribution < -0.4 is 11.1 Å². The highest BCUT2D eigenvalue weighted by Crippen LogP contribution is 2.15. The van der Waals surface area contributed by atoms with Crippen LogP contribution in [-0.2, 0) is 7.05 Å². The molecule has 0 amide bonds. The van der Waals surface area contributed by atoms with Gasteiger partial charge >= 0.3 is 0 Å². The van der Waals surface area contributed by atoms with Crippen LogP contribution in [0.4, 0.5) is 0 Å². The fourth-order valence-electron chi connectivity index (χ4n) is 1.64. The van der Waals surface area contributed by atoms with E-state index in [2.05, 4.69) is 16.4 Å². The predicted molar refractivity (Wildman–Crippen MR) is 56.8 cm³/mol. The third kappa shape index (κ3) is 1.71. The summed E-state index contributed by atoms with van der Waals surface area (Å²) in [7, 11) is 2.00. The van der Waals surface area contributed by atoms with Crippen LogP contribution in [0.3, 0.4) is 0 Å². The molecule has 2 heterocycles. The van der Waals surface area contributed by atoms with Crippen molar-refractivity contribution in [1.82, 2.24) is 14.9 Å². The van der Waals surface area contributed by atoms with Gasteiger partial charge in [-0.25, -0.2) is 4.98 Å².